The number of rotatable bonds is 5. The Morgan fingerprint density at radius 2 is 2.05 bits per heavy atom. The molecule has 1 aliphatic carbocycles. The van der Waals surface area contributed by atoms with E-state index in [0.717, 1.165) is 17.0 Å². The minimum absolute atomic E-state index is 0.580. The predicted octanol–water partition coefficient (Wildman–Crippen LogP) is 4.09. The number of nitrogens with zero attached hydrogens (tertiary/aromatic N) is 1. The van der Waals surface area contributed by atoms with Crippen molar-refractivity contribution >= 4 is 11.6 Å². The van der Waals surface area contributed by atoms with Crippen LogP contribution in [0.3, 0.4) is 0 Å². The van der Waals surface area contributed by atoms with E-state index < -0.39 is 0 Å². The molecule has 0 bridgehead atoms. The Morgan fingerprint density at radius 1 is 1.25 bits per heavy atom. The van der Waals surface area contributed by atoms with Crippen molar-refractivity contribution < 1.29 is 4.74 Å². The Bertz CT molecular complexity index is 611. The molecule has 1 aromatic carbocycles. The Kier molecular flexibility index (Phi) is 3.90. The molecule has 2 aromatic rings. The molecule has 1 fully saturated rings. The van der Waals surface area contributed by atoms with E-state index in [1.807, 2.05) is 37.3 Å². The van der Waals surface area contributed by atoms with Crippen molar-refractivity contribution in [2.75, 3.05) is 0 Å². The second-order valence-electron chi connectivity index (χ2n) is 5.10. The lowest BCUT2D eigenvalue weighted by Gasteiger charge is -2.10. The summed E-state index contributed by atoms with van der Waals surface area (Å²) in [5, 5.41) is 4.09. The molecule has 0 aliphatic heterocycles. The van der Waals surface area contributed by atoms with Crippen LogP contribution in [0.15, 0.2) is 36.4 Å². The van der Waals surface area contributed by atoms with Crippen molar-refractivity contribution in [1.29, 1.82) is 0 Å². The second kappa shape index (κ2) is 5.81. The first-order valence-corrected chi connectivity index (χ1v) is 7.22. The Morgan fingerprint density at radius 3 is 2.80 bits per heavy atom. The van der Waals surface area contributed by atoms with Crippen LogP contribution >= 0.6 is 11.6 Å². The number of pyridine rings is 1. The van der Waals surface area contributed by atoms with Gasteiger partial charge >= 0.3 is 0 Å². The molecule has 104 valence electrons. The van der Waals surface area contributed by atoms with E-state index >= 15 is 0 Å². The first-order valence-electron chi connectivity index (χ1n) is 6.84. The first kappa shape index (κ1) is 13.4. The fourth-order valence-corrected chi connectivity index (χ4v) is 2.13. The zero-order chi connectivity index (χ0) is 13.9. The van der Waals surface area contributed by atoms with E-state index in [0.29, 0.717) is 23.5 Å². The van der Waals surface area contributed by atoms with Gasteiger partial charge in [0.1, 0.15) is 5.75 Å². The number of hydrogen-bond donors (Lipinski definition) is 1. The maximum atomic E-state index is 6.18. The van der Waals surface area contributed by atoms with E-state index in [2.05, 4.69) is 10.3 Å². The molecular weight excluding hydrogens is 272 g/mol. The average Bonchev–Trinajstić information content (AvgIpc) is 3.26. The van der Waals surface area contributed by atoms with Gasteiger partial charge < -0.3 is 10.1 Å². The van der Waals surface area contributed by atoms with Gasteiger partial charge in [0.25, 0.3) is 0 Å². The van der Waals surface area contributed by atoms with Crippen molar-refractivity contribution in [3.63, 3.8) is 0 Å². The molecule has 20 heavy (non-hydrogen) atoms. The topological polar surface area (TPSA) is 34.1 Å². The summed E-state index contributed by atoms with van der Waals surface area (Å²) in [4.78, 5) is 4.49. The number of para-hydroxylation sites is 1. The average molecular weight is 289 g/mol. The highest BCUT2D eigenvalue weighted by molar-refractivity contribution is 6.31. The number of benzene rings is 1. The van der Waals surface area contributed by atoms with Crippen molar-refractivity contribution in [2.45, 2.75) is 32.4 Å². The molecule has 0 unspecified atom stereocenters. The van der Waals surface area contributed by atoms with Gasteiger partial charge in [-0.15, -0.1) is 0 Å². The second-order valence-corrected chi connectivity index (χ2v) is 5.51. The van der Waals surface area contributed by atoms with Crippen LogP contribution in [0.2, 0.25) is 5.02 Å². The van der Waals surface area contributed by atoms with E-state index in [4.69, 9.17) is 16.3 Å². The Hall–Kier alpha value is -1.58. The first-order chi connectivity index (χ1) is 9.72. The van der Waals surface area contributed by atoms with Crippen LogP contribution in [-0.2, 0) is 6.54 Å². The highest BCUT2D eigenvalue weighted by Gasteiger charge is 2.20. The largest absolute Gasteiger partial charge is 0.439 e. The van der Waals surface area contributed by atoms with E-state index in [9.17, 15) is 0 Å². The third-order valence-corrected chi connectivity index (χ3v) is 3.68. The lowest BCUT2D eigenvalue weighted by molar-refractivity contribution is 0.456. The van der Waals surface area contributed by atoms with Gasteiger partial charge in [-0.2, -0.15) is 0 Å². The van der Waals surface area contributed by atoms with Gasteiger partial charge in [0.2, 0.25) is 5.88 Å². The normalized spacial score (nSPS) is 14.3. The molecule has 0 radical (unpaired) electrons. The molecule has 1 heterocycles. The summed E-state index contributed by atoms with van der Waals surface area (Å²) in [7, 11) is 0. The summed E-state index contributed by atoms with van der Waals surface area (Å²) in [5.41, 5.74) is 1.92. The van der Waals surface area contributed by atoms with Crippen LogP contribution in [0.25, 0.3) is 0 Å². The summed E-state index contributed by atoms with van der Waals surface area (Å²) in [6.07, 6.45) is 2.49. The van der Waals surface area contributed by atoms with Gasteiger partial charge in [0.15, 0.2) is 0 Å². The highest BCUT2D eigenvalue weighted by Crippen LogP contribution is 2.26. The fraction of sp³-hybridized carbons (Fsp3) is 0.312. The summed E-state index contributed by atoms with van der Waals surface area (Å²) >= 11 is 6.18. The molecular formula is C16H17ClN2O. The van der Waals surface area contributed by atoms with Crippen LogP contribution < -0.4 is 10.1 Å². The molecule has 3 rings (SSSR count). The van der Waals surface area contributed by atoms with Crippen LogP contribution in [0.1, 0.15) is 24.1 Å². The molecule has 4 heteroatoms. The Balaban J connectivity index is 1.75. The van der Waals surface area contributed by atoms with E-state index in [1.165, 1.54) is 12.8 Å². The number of ether oxygens (including phenoxy) is 1. The maximum absolute atomic E-state index is 6.18. The van der Waals surface area contributed by atoms with E-state index in [-0.39, 0.29) is 0 Å². The van der Waals surface area contributed by atoms with E-state index in [1.54, 1.807) is 6.07 Å². The monoisotopic (exact) mass is 288 g/mol. The summed E-state index contributed by atoms with van der Waals surface area (Å²) < 4.78 is 5.83. The molecule has 0 spiro atoms. The van der Waals surface area contributed by atoms with Crippen LogP contribution in [-0.4, -0.2) is 11.0 Å². The van der Waals surface area contributed by atoms with Gasteiger partial charge in [-0.1, -0.05) is 29.8 Å². The van der Waals surface area contributed by atoms with Crippen molar-refractivity contribution in [2.24, 2.45) is 0 Å². The van der Waals surface area contributed by atoms with Gasteiger partial charge in [0.05, 0.1) is 10.7 Å². The number of aromatic nitrogens is 1. The standard InChI is InChI=1S/C16H17ClN2O/c1-11-4-2-3-5-15(11)20-16-9-8-13(17)14(19-16)10-18-12-6-7-12/h2-5,8-9,12,18H,6-7,10H2,1H3. The quantitative estimate of drug-likeness (QED) is 0.900. The van der Waals surface area contributed by atoms with Crippen molar-refractivity contribution in [3.8, 4) is 11.6 Å². The van der Waals surface area contributed by atoms with Gasteiger partial charge in [-0.05, 0) is 37.5 Å². The van der Waals surface area contributed by atoms with Gasteiger partial charge in [-0.3, -0.25) is 0 Å². The molecule has 1 saturated carbocycles. The van der Waals surface area contributed by atoms with Gasteiger partial charge in [0, 0.05) is 18.7 Å². The lowest BCUT2D eigenvalue weighted by atomic mass is 10.2. The van der Waals surface area contributed by atoms with Crippen LogP contribution in [0.4, 0.5) is 0 Å². The number of halogens is 1. The molecule has 1 aliphatic rings. The zero-order valence-corrected chi connectivity index (χ0v) is 12.2. The van der Waals surface area contributed by atoms with Crippen LogP contribution in [0, 0.1) is 6.92 Å². The molecule has 1 N–H and O–H groups in total. The number of hydrogen-bond acceptors (Lipinski definition) is 3. The molecule has 0 amide bonds. The third kappa shape index (κ3) is 3.30. The smallest absolute Gasteiger partial charge is 0.219 e. The SMILES string of the molecule is Cc1ccccc1Oc1ccc(Cl)c(CNC2CC2)n1. The summed E-state index contributed by atoms with van der Waals surface area (Å²) in [6.45, 7) is 2.70. The fourth-order valence-electron chi connectivity index (χ4n) is 1.96. The number of nitrogens with one attached hydrogen (secondary N) is 1. The molecule has 0 atom stereocenters. The molecule has 1 aromatic heterocycles. The van der Waals surface area contributed by atoms with Crippen LogP contribution in [0.5, 0.6) is 11.6 Å². The van der Waals surface area contributed by atoms with Gasteiger partial charge in [-0.25, -0.2) is 4.98 Å². The number of aryl methyl sites for hydroxylation is 1. The predicted molar refractivity (Wildman–Crippen MR) is 80.4 cm³/mol. The lowest BCUT2D eigenvalue weighted by Crippen LogP contribution is -2.16. The summed E-state index contributed by atoms with van der Waals surface area (Å²) in [5.74, 6) is 1.40. The van der Waals surface area contributed by atoms with Crippen molar-refractivity contribution in [1.82, 2.24) is 10.3 Å². The van der Waals surface area contributed by atoms with Crippen molar-refractivity contribution in [3.05, 3.63) is 52.7 Å². The minimum Gasteiger partial charge on any atom is -0.439 e. The maximum Gasteiger partial charge on any atom is 0.219 e. The molecule has 3 nitrogen and oxygen atoms in total. The summed E-state index contributed by atoms with van der Waals surface area (Å²) in [6, 6.07) is 12.2. The molecule has 0 saturated heterocycles. The third-order valence-electron chi connectivity index (χ3n) is 3.34. The minimum atomic E-state index is 0.580. The zero-order valence-electron chi connectivity index (χ0n) is 11.4. The Labute approximate surface area is 123 Å². The highest BCUT2D eigenvalue weighted by atomic mass is 35.5.